The third kappa shape index (κ3) is 5.11. The lowest BCUT2D eigenvalue weighted by molar-refractivity contribution is -0.0212. The molecule has 0 saturated carbocycles. The van der Waals surface area contributed by atoms with E-state index in [1.165, 1.54) is 5.56 Å². The van der Waals surface area contributed by atoms with Crippen molar-refractivity contribution in [3.8, 4) is 11.3 Å². The first-order chi connectivity index (χ1) is 17.0. The molecule has 1 N–H and O–H groups in total. The Labute approximate surface area is 205 Å². The van der Waals surface area contributed by atoms with Gasteiger partial charge in [0.2, 0.25) is 0 Å². The first-order valence-electron chi connectivity index (χ1n) is 12.1. The van der Waals surface area contributed by atoms with E-state index in [-0.39, 0.29) is 12.0 Å². The maximum Gasteiger partial charge on any atom is 0.252 e. The maximum absolute atomic E-state index is 13.4. The molecule has 35 heavy (non-hydrogen) atoms. The molecular weight excluding hydrogens is 438 g/mol. The monoisotopic (exact) mass is 469 g/mol. The average Bonchev–Trinajstić information content (AvgIpc) is 3.16. The Balaban J connectivity index is 1.36. The van der Waals surface area contributed by atoms with Crippen LogP contribution in [0, 0.1) is 6.92 Å². The minimum atomic E-state index is -0.127. The summed E-state index contributed by atoms with van der Waals surface area (Å²) in [6.07, 6.45) is 0.264. The number of fused-ring (bicyclic) bond motifs is 1. The van der Waals surface area contributed by atoms with Crippen molar-refractivity contribution >= 4 is 16.9 Å². The van der Waals surface area contributed by atoms with Gasteiger partial charge in [0.15, 0.2) is 5.65 Å². The fourth-order valence-corrected chi connectivity index (χ4v) is 4.79. The van der Waals surface area contributed by atoms with Crippen molar-refractivity contribution in [1.29, 1.82) is 0 Å². The Morgan fingerprint density at radius 1 is 1.11 bits per heavy atom. The van der Waals surface area contributed by atoms with Crippen LogP contribution in [-0.4, -0.2) is 51.4 Å². The first kappa shape index (κ1) is 23.2. The number of nitrogens with one attached hydrogen (secondary N) is 1. The summed E-state index contributed by atoms with van der Waals surface area (Å²) in [5.41, 5.74) is 6.14. The van der Waals surface area contributed by atoms with E-state index < -0.39 is 0 Å². The largest absolute Gasteiger partial charge is 0.376 e. The maximum atomic E-state index is 13.4. The zero-order valence-electron chi connectivity index (χ0n) is 20.5. The third-order valence-electron chi connectivity index (χ3n) is 6.46. The van der Waals surface area contributed by atoms with E-state index in [0.29, 0.717) is 17.8 Å². The van der Waals surface area contributed by atoms with Gasteiger partial charge in [0.1, 0.15) is 0 Å². The van der Waals surface area contributed by atoms with E-state index >= 15 is 0 Å². The molecule has 4 aromatic rings. The Morgan fingerprint density at radius 3 is 2.71 bits per heavy atom. The molecule has 2 aromatic heterocycles. The number of aromatic nitrogens is 3. The fraction of sp³-hybridized carbons (Fsp3) is 0.321. The van der Waals surface area contributed by atoms with Crippen LogP contribution in [-0.2, 0) is 24.9 Å². The van der Waals surface area contributed by atoms with Crippen molar-refractivity contribution in [2.24, 2.45) is 7.05 Å². The van der Waals surface area contributed by atoms with Gasteiger partial charge in [0, 0.05) is 38.8 Å². The van der Waals surface area contributed by atoms with Crippen molar-refractivity contribution in [2.75, 3.05) is 19.7 Å². The molecule has 0 spiro atoms. The number of amides is 1. The van der Waals surface area contributed by atoms with Crippen molar-refractivity contribution in [3.05, 3.63) is 83.0 Å². The van der Waals surface area contributed by atoms with Crippen LogP contribution in [0.25, 0.3) is 22.3 Å². The van der Waals surface area contributed by atoms with Gasteiger partial charge in [-0.05, 0) is 31.0 Å². The van der Waals surface area contributed by atoms with E-state index in [0.717, 1.165) is 54.1 Å². The molecule has 7 heteroatoms. The molecule has 1 aliphatic rings. The predicted octanol–water partition coefficient (Wildman–Crippen LogP) is 4.09. The molecule has 0 bridgehead atoms. The lowest BCUT2D eigenvalue weighted by Crippen LogP contribution is -2.40. The van der Waals surface area contributed by atoms with Gasteiger partial charge < -0.3 is 10.1 Å². The van der Waals surface area contributed by atoms with E-state index in [9.17, 15) is 4.79 Å². The van der Waals surface area contributed by atoms with E-state index in [2.05, 4.69) is 46.5 Å². The highest BCUT2D eigenvalue weighted by molar-refractivity contribution is 6.07. The topological polar surface area (TPSA) is 72.3 Å². The molecule has 1 unspecified atom stereocenters. The van der Waals surface area contributed by atoms with Gasteiger partial charge in [-0.15, -0.1) is 0 Å². The number of carbonyl (C=O) groups is 1. The predicted molar refractivity (Wildman–Crippen MR) is 137 cm³/mol. The number of carbonyl (C=O) groups excluding carboxylic acids is 1. The van der Waals surface area contributed by atoms with Crippen LogP contribution < -0.4 is 5.32 Å². The highest BCUT2D eigenvalue weighted by Gasteiger charge is 2.20. The van der Waals surface area contributed by atoms with Crippen molar-refractivity contribution < 1.29 is 9.53 Å². The molecule has 180 valence electrons. The quantitative estimate of drug-likeness (QED) is 0.460. The Hall–Kier alpha value is -3.55. The van der Waals surface area contributed by atoms with Gasteiger partial charge in [-0.1, -0.05) is 54.6 Å². The lowest BCUT2D eigenvalue weighted by Gasteiger charge is -2.31. The van der Waals surface area contributed by atoms with E-state index in [4.69, 9.17) is 9.72 Å². The number of aryl methyl sites for hydroxylation is 2. The normalized spacial score (nSPS) is 16.5. The van der Waals surface area contributed by atoms with E-state index in [1.807, 2.05) is 50.4 Å². The summed E-state index contributed by atoms with van der Waals surface area (Å²) in [7, 11) is 1.86. The summed E-state index contributed by atoms with van der Waals surface area (Å²) < 4.78 is 7.39. The number of benzene rings is 2. The van der Waals surface area contributed by atoms with Crippen LogP contribution in [0.5, 0.6) is 0 Å². The molecule has 3 heterocycles. The molecule has 1 aliphatic heterocycles. The number of rotatable bonds is 6. The first-order valence-corrected chi connectivity index (χ1v) is 12.1. The summed E-state index contributed by atoms with van der Waals surface area (Å²) in [4.78, 5) is 20.6. The smallest absolute Gasteiger partial charge is 0.252 e. The Kier molecular flexibility index (Phi) is 6.61. The third-order valence-corrected chi connectivity index (χ3v) is 6.46. The van der Waals surface area contributed by atoms with Gasteiger partial charge in [-0.25, -0.2) is 4.98 Å². The zero-order chi connectivity index (χ0) is 24.4. The summed E-state index contributed by atoms with van der Waals surface area (Å²) in [5.74, 6) is -0.127. The molecule has 7 nitrogen and oxygen atoms in total. The van der Waals surface area contributed by atoms with Crippen LogP contribution in [0.4, 0.5) is 0 Å². The molecule has 1 atom stereocenters. The van der Waals surface area contributed by atoms with Gasteiger partial charge in [-0.2, -0.15) is 5.10 Å². The summed E-state index contributed by atoms with van der Waals surface area (Å²) >= 11 is 0. The lowest BCUT2D eigenvalue weighted by atomic mass is 10.0. The van der Waals surface area contributed by atoms with Crippen LogP contribution >= 0.6 is 0 Å². The summed E-state index contributed by atoms with van der Waals surface area (Å²) in [6.45, 7) is 8.02. The van der Waals surface area contributed by atoms with Gasteiger partial charge >= 0.3 is 0 Å². The standard InChI is InChI=1S/C28H31N5O2/c1-19-17-33(12-13-35-19)18-22-9-7-8-21(14-22)16-29-28(34)24-15-25(23-10-5-4-6-11-23)30-27-26(24)20(2)31-32(27)3/h4-11,14-15,19H,12-13,16-18H2,1-3H3,(H,29,34). The average molecular weight is 470 g/mol. The minimum absolute atomic E-state index is 0.127. The van der Waals surface area contributed by atoms with Crippen molar-refractivity contribution in [2.45, 2.75) is 33.0 Å². The minimum Gasteiger partial charge on any atom is -0.376 e. The molecule has 5 rings (SSSR count). The summed E-state index contributed by atoms with van der Waals surface area (Å²) in [6, 6.07) is 20.2. The Morgan fingerprint density at radius 2 is 1.91 bits per heavy atom. The van der Waals surface area contributed by atoms with Crippen molar-refractivity contribution in [1.82, 2.24) is 25.0 Å². The zero-order valence-corrected chi connectivity index (χ0v) is 20.5. The second-order valence-electron chi connectivity index (χ2n) is 9.25. The molecular formula is C28H31N5O2. The number of pyridine rings is 1. The number of ether oxygens (including phenoxy) is 1. The second kappa shape index (κ2) is 9.98. The highest BCUT2D eigenvalue weighted by atomic mass is 16.5. The molecule has 1 saturated heterocycles. The number of nitrogens with zero attached hydrogens (tertiary/aromatic N) is 4. The van der Waals surface area contributed by atoms with Gasteiger partial charge in [0.05, 0.1) is 35.0 Å². The Bertz CT molecular complexity index is 1350. The summed E-state index contributed by atoms with van der Waals surface area (Å²) in [5, 5.41) is 8.43. The van der Waals surface area contributed by atoms with Crippen LogP contribution in [0.3, 0.4) is 0 Å². The van der Waals surface area contributed by atoms with Crippen LogP contribution in [0.15, 0.2) is 60.7 Å². The fourth-order valence-electron chi connectivity index (χ4n) is 4.79. The second-order valence-corrected chi connectivity index (χ2v) is 9.25. The number of hydrogen-bond donors (Lipinski definition) is 1. The van der Waals surface area contributed by atoms with Crippen LogP contribution in [0.1, 0.15) is 34.1 Å². The molecule has 0 aliphatic carbocycles. The van der Waals surface area contributed by atoms with E-state index in [1.54, 1.807) is 4.68 Å². The highest BCUT2D eigenvalue weighted by Crippen LogP contribution is 2.27. The SMILES string of the molecule is Cc1nn(C)c2nc(-c3ccccc3)cc(C(=O)NCc3cccc(CN4CCOC(C)C4)c3)c12. The molecule has 2 aromatic carbocycles. The van der Waals surface area contributed by atoms with Crippen molar-refractivity contribution in [3.63, 3.8) is 0 Å². The molecule has 1 fully saturated rings. The molecule has 0 radical (unpaired) electrons. The molecule has 1 amide bonds. The van der Waals surface area contributed by atoms with Crippen LogP contribution in [0.2, 0.25) is 0 Å². The van der Waals surface area contributed by atoms with Gasteiger partial charge in [-0.3, -0.25) is 14.4 Å². The van der Waals surface area contributed by atoms with Gasteiger partial charge in [0.25, 0.3) is 5.91 Å². The number of hydrogen-bond acceptors (Lipinski definition) is 5. The number of morpholine rings is 1.